The lowest BCUT2D eigenvalue weighted by molar-refractivity contribution is -0.157. The topological polar surface area (TPSA) is 78.9 Å². The van der Waals surface area contributed by atoms with Crippen LogP contribution in [0.1, 0.15) is 38.7 Å². The number of hydrogen-bond donors (Lipinski definition) is 0. The predicted molar refractivity (Wildman–Crippen MR) is 113 cm³/mol. The fourth-order valence-electron chi connectivity index (χ4n) is 2.95. The van der Waals surface area contributed by atoms with Crippen molar-refractivity contribution in [3.05, 3.63) is 35.9 Å². The Balaban J connectivity index is 3.32. The summed E-state index contributed by atoms with van der Waals surface area (Å²) in [5, 5.41) is 0. The Labute approximate surface area is 175 Å². The maximum absolute atomic E-state index is 13.4. The normalized spacial score (nSPS) is 13.8. The summed E-state index contributed by atoms with van der Waals surface area (Å²) < 4.78 is 29.4. The summed E-state index contributed by atoms with van der Waals surface area (Å²) in [4.78, 5) is 26.2. The molecular weight excluding hydrogens is 482 g/mol. The molecule has 0 bridgehead atoms. The van der Waals surface area contributed by atoms with Crippen molar-refractivity contribution in [3.8, 4) is 0 Å². The second-order valence-electron chi connectivity index (χ2n) is 5.99. The summed E-state index contributed by atoms with van der Waals surface area (Å²) in [5.74, 6) is -0.687. The van der Waals surface area contributed by atoms with Gasteiger partial charge >= 0.3 is 13.6 Å². The van der Waals surface area contributed by atoms with Crippen LogP contribution in [0, 0.1) is 5.41 Å². The van der Waals surface area contributed by atoms with Crippen molar-refractivity contribution in [2.45, 2.75) is 39.5 Å². The largest absolute Gasteiger partial charge is 0.468 e. The van der Waals surface area contributed by atoms with E-state index in [4.69, 9.17) is 13.8 Å². The lowest BCUT2D eigenvalue weighted by Crippen LogP contribution is -2.41. The molecule has 0 amide bonds. The van der Waals surface area contributed by atoms with Gasteiger partial charge in [0.05, 0.1) is 20.3 Å². The Kier molecular flexibility index (Phi) is 10.7. The molecule has 1 rings (SSSR count). The van der Waals surface area contributed by atoms with Gasteiger partial charge in [-0.25, -0.2) is 0 Å². The van der Waals surface area contributed by atoms with E-state index in [0.717, 1.165) is 9.99 Å². The summed E-state index contributed by atoms with van der Waals surface area (Å²) in [6.07, 6.45) is 1.50. The quantitative estimate of drug-likeness (QED) is 0.125. The highest BCUT2D eigenvalue weighted by Gasteiger charge is 2.55. The van der Waals surface area contributed by atoms with E-state index in [-0.39, 0.29) is 26.1 Å². The highest BCUT2D eigenvalue weighted by molar-refractivity contribution is 14.1. The third-order valence-electron chi connectivity index (χ3n) is 4.25. The molecule has 0 saturated heterocycles. The van der Waals surface area contributed by atoms with Crippen LogP contribution in [0.25, 0.3) is 0 Å². The number of carbonyl (C=O) groups excluding carboxylic acids is 2. The molecule has 6 nitrogen and oxygen atoms in total. The van der Waals surface area contributed by atoms with Crippen LogP contribution >= 0.6 is 30.2 Å². The van der Waals surface area contributed by atoms with Crippen LogP contribution in [-0.4, -0.2) is 36.2 Å². The van der Waals surface area contributed by atoms with E-state index in [1.54, 1.807) is 13.8 Å². The van der Waals surface area contributed by atoms with Crippen LogP contribution < -0.4 is 0 Å². The second kappa shape index (κ2) is 11.9. The molecular formula is C19H28IO6P. The van der Waals surface area contributed by atoms with Gasteiger partial charge < -0.3 is 13.8 Å². The summed E-state index contributed by atoms with van der Waals surface area (Å²) in [5.41, 5.74) is -1.38. The first-order valence-electron chi connectivity index (χ1n) is 9.02. The summed E-state index contributed by atoms with van der Waals surface area (Å²) in [6.45, 7) is 3.36. The minimum absolute atomic E-state index is 0.0469. The summed E-state index contributed by atoms with van der Waals surface area (Å²) in [7, 11) is -2.86. The highest BCUT2D eigenvalue weighted by Crippen LogP contribution is 2.56. The maximum atomic E-state index is 13.4. The van der Waals surface area contributed by atoms with Crippen molar-refractivity contribution in [2.24, 2.45) is 5.41 Å². The van der Waals surface area contributed by atoms with Gasteiger partial charge in [0.1, 0.15) is 5.41 Å². The van der Waals surface area contributed by atoms with Gasteiger partial charge in [-0.3, -0.25) is 14.2 Å². The Hall–Kier alpha value is -0.760. The SMILES string of the molecule is CCOP(=O)(OCC)C(=O)C(CCCI)(CCc1ccccc1)C(=O)OC. The van der Waals surface area contributed by atoms with Crippen molar-refractivity contribution in [1.29, 1.82) is 0 Å². The molecule has 1 aromatic carbocycles. The van der Waals surface area contributed by atoms with Crippen molar-refractivity contribution in [2.75, 3.05) is 24.8 Å². The van der Waals surface area contributed by atoms with Gasteiger partial charge in [0, 0.05) is 0 Å². The molecule has 0 aliphatic carbocycles. The van der Waals surface area contributed by atoms with Crippen LogP contribution in [0.15, 0.2) is 30.3 Å². The first kappa shape index (κ1) is 24.3. The summed E-state index contributed by atoms with van der Waals surface area (Å²) >= 11 is 2.19. The number of rotatable bonds is 13. The first-order valence-corrected chi connectivity index (χ1v) is 12.1. The molecule has 1 aromatic rings. The molecule has 0 aliphatic rings. The molecule has 0 saturated carbocycles. The van der Waals surface area contributed by atoms with E-state index in [2.05, 4.69) is 22.6 Å². The molecule has 0 radical (unpaired) electrons. The van der Waals surface area contributed by atoms with Gasteiger partial charge in [-0.2, -0.15) is 0 Å². The number of esters is 1. The zero-order valence-corrected chi connectivity index (χ0v) is 19.2. The number of benzene rings is 1. The van der Waals surface area contributed by atoms with Gasteiger partial charge in [0.15, 0.2) is 0 Å². The van der Waals surface area contributed by atoms with Gasteiger partial charge in [-0.05, 0) is 49.5 Å². The molecule has 0 spiro atoms. The number of alkyl halides is 1. The second-order valence-corrected chi connectivity index (χ2v) is 8.99. The number of aryl methyl sites for hydroxylation is 1. The minimum Gasteiger partial charge on any atom is -0.468 e. The first-order chi connectivity index (χ1) is 12.9. The standard InChI is InChI=1S/C19H28IO6P/c1-4-25-27(23,26-5-2)18(22)19(13-9-15-20,17(21)24-3)14-12-16-10-7-6-8-11-16/h6-8,10-11H,4-5,9,12-15H2,1-3H3. The molecule has 1 unspecified atom stereocenters. The molecule has 27 heavy (non-hydrogen) atoms. The fourth-order valence-corrected chi connectivity index (χ4v) is 5.16. The lowest BCUT2D eigenvalue weighted by Gasteiger charge is -2.32. The number of ether oxygens (including phenoxy) is 1. The smallest absolute Gasteiger partial charge is 0.397 e. The van der Waals surface area contributed by atoms with E-state index in [1.807, 2.05) is 30.3 Å². The van der Waals surface area contributed by atoms with E-state index in [9.17, 15) is 14.2 Å². The Morgan fingerprint density at radius 3 is 2.15 bits per heavy atom. The Bertz CT molecular complexity index is 641. The average molecular weight is 510 g/mol. The average Bonchev–Trinajstić information content (AvgIpc) is 2.68. The number of halogens is 1. The lowest BCUT2D eigenvalue weighted by atomic mass is 9.79. The van der Waals surface area contributed by atoms with Gasteiger partial charge in [0.2, 0.25) is 0 Å². The van der Waals surface area contributed by atoms with E-state index < -0.39 is 24.5 Å². The molecule has 1 atom stereocenters. The molecule has 152 valence electrons. The molecule has 0 fully saturated rings. The molecule has 0 N–H and O–H groups in total. The van der Waals surface area contributed by atoms with E-state index in [1.165, 1.54) is 7.11 Å². The van der Waals surface area contributed by atoms with E-state index >= 15 is 0 Å². The monoisotopic (exact) mass is 510 g/mol. The predicted octanol–water partition coefficient (Wildman–Crippen LogP) is 4.79. The third kappa shape index (κ3) is 6.38. The summed E-state index contributed by atoms with van der Waals surface area (Å²) in [6, 6.07) is 9.54. The third-order valence-corrected chi connectivity index (χ3v) is 7.14. The molecule has 0 aliphatic heterocycles. The minimum atomic E-state index is -4.10. The van der Waals surface area contributed by atoms with Gasteiger partial charge in [0.25, 0.3) is 5.52 Å². The van der Waals surface area contributed by atoms with E-state index in [0.29, 0.717) is 12.8 Å². The van der Waals surface area contributed by atoms with Gasteiger partial charge in [-0.15, -0.1) is 0 Å². The molecule has 0 heterocycles. The van der Waals surface area contributed by atoms with Crippen molar-refractivity contribution >= 4 is 41.7 Å². The number of carbonyl (C=O) groups is 2. The van der Waals surface area contributed by atoms with Crippen molar-refractivity contribution in [1.82, 2.24) is 0 Å². The van der Waals surface area contributed by atoms with Crippen molar-refractivity contribution < 1.29 is 27.9 Å². The van der Waals surface area contributed by atoms with Crippen LogP contribution in [0.3, 0.4) is 0 Å². The van der Waals surface area contributed by atoms with Crippen LogP contribution in [-0.2, 0) is 34.4 Å². The van der Waals surface area contributed by atoms with Crippen LogP contribution in [0.5, 0.6) is 0 Å². The van der Waals surface area contributed by atoms with Crippen LogP contribution in [0.4, 0.5) is 0 Å². The molecule has 8 heteroatoms. The van der Waals surface area contributed by atoms with Crippen LogP contribution in [0.2, 0.25) is 0 Å². The Morgan fingerprint density at radius 1 is 1.07 bits per heavy atom. The fraction of sp³-hybridized carbons (Fsp3) is 0.579. The highest BCUT2D eigenvalue weighted by atomic mass is 127. The zero-order chi connectivity index (χ0) is 20.3. The number of hydrogen-bond acceptors (Lipinski definition) is 6. The number of methoxy groups -OCH3 is 1. The zero-order valence-electron chi connectivity index (χ0n) is 16.1. The van der Waals surface area contributed by atoms with Crippen molar-refractivity contribution in [3.63, 3.8) is 0 Å². The molecule has 0 aromatic heterocycles. The van der Waals surface area contributed by atoms with Gasteiger partial charge in [-0.1, -0.05) is 52.9 Å². The Morgan fingerprint density at radius 2 is 1.67 bits per heavy atom. The maximum Gasteiger partial charge on any atom is 0.397 e.